The highest BCUT2D eigenvalue weighted by Crippen LogP contribution is 2.26. The van der Waals surface area contributed by atoms with Crippen LogP contribution >= 0.6 is 11.8 Å². The van der Waals surface area contributed by atoms with Crippen molar-refractivity contribution in [2.24, 2.45) is 11.8 Å². The average Bonchev–Trinajstić information content (AvgIpc) is 2.86. The highest BCUT2D eigenvalue weighted by Gasteiger charge is 2.36. The first-order valence-corrected chi connectivity index (χ1v) is 14.5. The minimum absolute atomic E-state index is 0. The number of amides is 2. The van der Waals surface area contributed by atoms with Crippen LogP contribution in [0.25, 0.3) is 0 Å². The number of hydrogen-bond acceptors (Lipinski definition) is 8. The van der Waals surface area contributed by atoms with Crippen LogP contribution in [0.15, 0.2) is 6.20 Å². The number of morpholine rings is 1. The lowest BCUT2D eigenvalue weighted by atomic mass is 9.92. The molecule has 0 aromatic carbocycles. The van der Waals surface area contributed by atoms with E-state index in [4.69, 9.17) is 9.72 Å². The van der Waals surface area contributed by atoms with Gasteiger partial charge in [0.15, 0.2) is 0 Å². The first-order chi connectivity index (χ1) is 17.1. The van der Waals surface area contributed by atoms with Crippen LogP contribution in [-0.4, -0.2) is 102 Å². The van der Waals surface area contributed by atoms with Crippen molar-refractivity contribution < 1.29 is 14.3 Å². The molecule has 1 aromatic heterocycles. The van der Waals surface area contributed by atoms with Crippen molar-refractivity contribution in [1.82, 2.24) is 25.1 Å². The minimum atomic E-state index is -0.227. The monoisotopic (exact) mass is 536 g/mol. The van der Waals surface area contributed by atoms with Crippen molar-refractivity contribution in [3.63, 3.8) is 0 Å². The Bertz CT molecular complexity index is 885. The maximum Gasteiger partial charge on any atom is 0.259 e. The number of ether oxygens (including phenoxy) is 1. The molecular weight excluding hydrogens is 488 g/mol. The minimum Gasteiger partial charge on any atom is -0.378 e. The third-order valence-corrected chi connectivity index (χ3v) is 7.16. The molecule has 0 aliphatic carbocycles. The molecule has 2 saturated heterocycles. The molecule has 2 aliphatic heterocycles. The van der Waals surface area contributed by atoms with E-state index in [2.05, 4.69) is 56.5 Å². The standard InChI is InChI=1S/C26H44N6O3S.CH4/c1-18(2)17-32(20-13-19(14-27-15-20)23(33)31-8-10-35-11-9-31)24(34)21-16-29-25(26(3,4)5)30-22(21)28-7-12-36-6;/h16,18-20,27H,7-15,17H2,1-6H3,(H,28,29,30);1H4/t19-,20+;/m1./s1. The van der Waals surface area contributed by atoms with E-state index in [0.717, 1.165) is 5.75 Å². The van der Waals surface area contributed by atoms with Crippen molar-refractivity contribution in [2.45, 2.75) is 59.9 Å². The summed E-state index contributed by atoms with van der Waals surface area (Å²) in [7, 11) is 0. The smallest absolute Gasteiger partial charge is 0.259 e. The van der Waals surface area contributed by atoms with Crippen molar-refractivity contribution in [2.75, 3.05) is 69.8 Å². The normalized spacial score (nSPS) is 20.4. The van der Waals surface area contributed by atoms with E-state index in [-0.39, 0.29) is 42.5 Å². The molecule has 0 radical (unpaired) electrons. The van der Waals surface area contributed by atoms with Gasteiger partial charge in [0, 0.05) is 62.7 Å². The quantitative estimate of drug-likeness (QED) is 0.465. The summed E-state index contributed by atoms with van der Waals surface area (Å²) in [5, 5.41) is 6.81. The second-order valence-electron chi connectivity index (χ2n) is 11.2. The number of aromatic nitrogens is 2. The van der Waals surface area contributed by atoms with E-state index < -0.39 is 0 Å². The molecule has 0 bridgehead atoms. The molecule has 2 atom stereocenters. The van der Waals surface area contributed by atoms with Gasteiger partial charge >= 0.3 is 0 Å². The van der Waals surface area contributed by atoms with Gasteiger partial charge in [0.05, 0.1) is 19.1 Å². The molecule has 0 saturated carbocycles. The summed E-state index contributed by atoms with van der Waals surface area (Å²) in [4.78, 5) is 40.4. The number of piperidine rings is 1. The van der Waals surface area contributed by atoms with E-state index >= 15 is 0 Å². The Morgan fingerprint density at radius 1 is 1.27 bits per heavy atom. The zero-order chi connectivity index (χ0) is 26.3. The van der Waals surface area contributed by atoms with Crippen LogP contribution in [0.1, 0.15) is 64.6 Å². The Morgan fingerprint density at radius 3 is 2.59 bits per heavy atom. The summed E-state index contributed by atoms with van der Waals surface area (Å²) in [6, 6.07) is -0.0787. The van der Waals surface area contributed by atoms with E-state index in [1.165, 1.54) is 0 Å². The van der Waals surface area contributed by atoms with Gasteiger partial charge in [-0.3, -0.25) is 9.59 Å². The Balaban J connectivity index is 0.00000481. The Morgan fingerprint density at radius 2 is 1.97 bits per heavy atom. The largest absolute Gasteiger partial charge is 0.378 e. The predicted molar refractivity (Wildman–Crippen MR) is 152 cm³/mol. The lowest BCUT2D eigenvalue weighted by Gasteiger charge is -2.40. The third-order valence-electron chi connectivity index (χ3n) is 6.55. The van der Waals surface area contributed by atoms with Crippen molar-refractivity contribution in [1.29, 1.82) is 0 Å². The number of nitrogens with one attached hydrogen (secondary N) is 2. The van der Waals surface area contributed by atoms with Gasteiger partial charge in [0.2, 0.25) is 5.91 Å². The lowest BCUT2D eigenvalue weighted by molar-refractivity contribution is -0.140. The molecule has 1 aromatic rings. The topological polar surface area (TPSA) is 99.7 Å². The molecule has 3 rings (SSSR count). The van der Waals surface area contributed by atoms with Gasteiger partial charge in [-0.05, 0) is 18.6 Å². The van der Waals surface area contributed by atoms with Gasteiger partial charge in [0.1, 0.15) is 17.2 Å². The number of thioether (sulfide) groups is 1. The summed E-state index contributed by atoms with van der Waals surface area (Å²) in [5.74, 6) is 2.42. The number of anilines is 1. The summed E-state index contributed by atoms with van der Waals surface area (Å²) in [5.41, 5.74) is 0.265. The van der Waals surface area contributed by atoms with Gasteiger partial charge in [-0.1, -0.05) is 42.0 Å². The van der Waals surface area contributed by atoms with Crippen molar-refractivity contribution in [3.8, 4) is 0 Å². The molecule has 2 amide bonds. The van der Waals surface area contributed by atoms with Crippen LogP contribution in [0.2, 0.25) is 0 Å². The van der Waals surface area contributed by atoms with Gasteiger partial charge in [0.25, 0.3) is 5.91 Å². The fourth-order valence-corrected chi connectivity index (χ4v) is 4.94. The van der Waals surface area contributed by atoms with Gasteiger partial charge in [-0.15, -0.1) is 0 Å². The second-order valence-corrected chi connectivity index (χ2v) is 12.1. The molecule has 210 valence electrons. The maximum atomic E-state index is 14.0. The van der Waals surface area contributed by atoms with Crippen molar-refractivity contribution >= 4 is 29.4 Å². The van der Waals surface area contributed by atoms with Crippen LogP contribution in [0, 0.1) is 11.8 Å². The predicted octanol–water partition coefficient (Wildman–Crippen LogP) is 3.12. The number of nitrogens with zero attached hydrogens (tertiary/aromatic N) is 4. The van der Waals surface area contributed by atoms with Gasteiger partial charge in [-0.25, -0.2) is 9.97 Å². The summed E-state index contributed by atoms with van der Waals surface area (Å²) < 4.78 is 5.41. The Hall–Kier alpha value is -1.91. The molecule has 9 nitrogen and oxygen atoms in total. The Labute approximate surface area is 227 Å². The summed E-state index contributed by atoms with van der Waals surface area (Å²) in [6.07, 6.45) is 4.39. The number of carbonyl (C=O) groups excluding carboxylic acids is 2. The molecule has 2 aliphatic rings. The molecule has 2 N–H and O–H groups in total. The first-order valence-electron chi connectivity index (χ1n) is 13.1. The van der Waals surface area contributed by atoms with Crippen LogP contribution in [0.3, 0.4) is 0 Å². The molecule has 37 heavy (non-hydrogen) atoms. The van der Waals surface area contributed by atoms with E-state index in [0.29, 0.717) is 76.1 Å². The molecule has 10 heteroatoms. The fraction of sp³-hybridized carbons (Fsp3) is 0.778. The van der Waals surface area contributed by atoms with E-state index in [9.17, 15) is 9.59 Å². The molecule has 0 unspecified atom stereocenters. The number of rotatable bonds is 9. The molecule has 3 heterocycles. The Kier molecular flexibility index (Phi) is 12.1. The van der Waals surface area contributed by atoms with Crippen LogP contribution in [-0.2, 0) is 14.9 Å². The number of hydrogen-bond donors (Lipinski definition) is 2. The maximum absolute atomic E-state index is 14.0. The highest BCUT2D eigenvalue weighted by atomic mass is 32.2. The van der Waals surface area contributed by atoms with Crippen LogP contribution < -0.4 is 10.6 Å². The SMILES string of the molecule is C.CSCCNc1nc(C(C)(C)C)ncc1C(=O)N(CC(C)C)[C@@H]1CNC[C@H](C(=O)N2CCOCC2)C1. The summed E-state index contributed by atoms with van der Waals surface area (Å²) in [6.45, 7) is 15.5. The van der Waals surface area contributed by atoms with E-state index in [1.54, 1.807) is 18.0 Å². The second kappa shape index (κ2) is 14.3. The number of carbonyl (C=O) groups is 2. The van der Waals surface area contributed by atoms with Crippen LogP contribution in [0.5, 0.6) is 0 Å². The molecule has 2 fully saturated rings. The lowest BCUT2D eigenvalue weighted by Crippen LogP contribution is -2.56. The van der Waals surface area contributed by atoms with E-state index in [1.807, 2.05) is 9.80 Å². The van der Waals surface area contributed by atoms with Crippen molar-refractivity contribution in [3.05, 3.63) is 17.6 Å². The molecular formula is C27H48N6O3S. The summed E-state index contributed by atoms with van der Waals surface area (Å²) >= 11 is 1.74. The zero-order valence-corrected chi connectivity index (χ0v) is 23.6. The van der Waals surface area contributed by atoms with Gasteiger partial charge < -0.3 is 25.2 Å². The molecule has 0 spiro atoms. The fourth-order valence-electron chi connectivity index (χ4n) is 4.64. The van der Waals surface area contributed by atoms with Gasteiger partial charge in [-0.2, -0.15) is 11.8 Å². The first kappa shape index (κ1) is 31.3. The van der Waals surface area contributed by atoms with Crippen LogP contribution in [0.4, 0.5) is 5.82 Å². The third kappa shape index (κ3) is 8.55. The highest BCUT2D eigenvalue weighted by molar-refractivity contribution is 7.98. The average molecular weight is 537 g/mol. The zero-order valence-electron chi connectivity index (χ0n) is 22.8.